The number of nitrogens with one attached hydrogen (secondary N) is 2. The van der Waals surface area contributed by atoms with Crippen molar-refractivity contribution in [3.63, 3.8) is 0 Å². The molecular weight excluding hydrogens is 453 g/mol. The molecule has 3 aromatic rings. The van der Waals surface area contributed by atoms with E-state index in [0.717, 1.165) is 33.8 Å². The van der Waals surface area contributed by atoms with Crippen LogP contribution >= 0.6 is 11.3 Å². The average molecular weight is 477 g/mol. The number of hydrogen-bond donors (Lipinski definition) is 3. The number of anilines is 2. The van der Waals surface area contributed by atoms with Crippen LogP contribution in [0.15, 0.2) is 48.7 Å². The number of halogens is 3. The Hall–Kier alpha value is -2.95. The maximum Gasteiger partial charge on any atom is 0.416 e. The van der Waals surface area contributed by atoms with Crippen molar-refractivity contribution < 1.29 is 22.7 Å². The number of thiazole rings is 1. The topological polar surface area (TPSA) is 89.3 Å². The highest BCUT2D eigenvalue weighted by Crippen LogP contribution is 2.34. The molecule has 1 aromatic heterocycles. The molecule has 10 heteroatoms. The van der Waals surface area contributed by atoms with Gasteiger partial charge in [-0.25, -0.2) is 4.98 Å². The van der Waals surface area contributed by atoms with E-state index < -0.39 is 17.8 Å². The number of rotatable bonds is 8. The van der Waals surface area contributed by atoms with Crippen molar-refractivity contribution in [2.24, 2.45) is 5.73 Å². The lowest BCUT2D eigenvalue weighted by Crippen LogP contribution is -2.37. The lowest BCUT2D eigenvalue weighted by Gasteiger charge is -2.24. The molecule has 0 saturated carbocycles. The number of benzene rings is 2. The second-order valence-electron chi connectivity index (χ2n) is 7.85. The first-order chi connectivity index (χ1) is 15.7. The van der Waals surface area contributed by atoms with Gasteiger partial charge in [-0.3, -0.25) is 4.79 Å². The highest BCUT2D eigenvalue weighted by Gasteiger charge is 2.30. The SMILES string of the molecule is COC[C@@H](c1ccc(C(F)(F)F)cc1)[C@@H](N)CNc1ncc(-c2ccc3c(c2)CC(=O)N3)s1. The zero-order valence-corrected chi connectivity index (χ0v) is 18.6. The van der Waals surface area contributed by atoms with Crippen LogP contribution < -0.4 is 16.4 Å². The second-order valence-corrected chi connectivity index (χ2v) is 8.88. The predicted octanol–water partition coefficient (Wildman–Crippen LogP) is 4.49. The van der Waals surface area contributed by atoms with Gasteiger partial charge in [-0.15, -0.1) is 0 Å². The molecule has 0 spiro atoms. The highest BCUT2D eigenvalue weighted by molar-refractivity contribution is 7.18. The molecule has 2 heterocycles. The van der Waals surface area contributed by atoms with Crippen LogP contribution in [0.4, 0.5) is 24.0 Å². The van der Waals surface area contributed by atoms with E-state index in [2.05, 4.69) is 15.6 Å². The first-order valence-corrected chi connectivity index (χ1v) is 11.1. The summed E-state index contributed by atoms with van der Waals surface area (Å²) in [6.07, 6.45) is -2.26. The van der Waals surface area contributed by atoms with Crippen molar-refractivity contribution in [1.29, 1.82) is 0 Å². The van der Waals surface area contributed by atoms with Crippen molar-refractivity contribution in [2.45, 2.75) is 24.6 Å². The standard InChI is InChI=1S/C23H23F3N4O2S/c1-32-12-17(13-2-5-16(6-3-13)23(24,25)26)18(27)10-28-22-29-11-20(33-22)14-4-7-19-15(8-14)9-21(31)30-19/h2-8,11,17-18H,9-10,12,27H2,1H3,(H,28,29)(H,30,31)/t17-,18-/m0/s1. The van der Waals surface area contributed by atoms with Crippen molar-refractivity contribution in [3.8, 4) is 10.4 Å². The number of ether oxygens (including phenoxy) is 1. The summed E-state index contributed by atoms with van der Waals surface area (Å²) >= 11 is 1.46. The van der Waals surface area contributed by atoms with Crippen molar-refractivity contribution in [1.82, 2.24) is 4.98 Å². The van der Waals surface area contributed by atoms with E-state index in [1.807, 2.05) is 18.2 Å². The van der Waals surface area contributed by atoms with E-state index in [1.54, 1.807) is 6.20 Å². The first-order valence-electron chi connectivity index (χ1n) is 10.3. The summed E-state index contributed by atoms with van der Waals surface area (Å²) in [7, 11) is 1.53. The molecule has 2 aromatic carbocycles. The number of aromatic nitrogens is 1. The molecule has 6 nitrogen and oxygen atoms in total. The van der Waals surface area contributed by atoms with Gasteiger partial charge in [0.1, 0.15) is 0 Å². The fourth-order valence-electron chi connectivity index (χ4n) is 3.79. The summed E-state index contributed by atoms with van der Waals surface area (Å²) in [5, 5.41) is 6.71. The van der Waals surface area contributed by atoms with Crippen molar-refractivity contribution >= 4 is 28.1 Å². The zero-order valence-electron chi connectivity index (χ0n) is 17.8. The smallest absolute Gasteiger partial charge is 0.384 e. The minimum absolute atomic E-state index is 0.0125. The fourth-order valence-corrected chi connectivity index (χ4v) is 4.60. The van der Waals surface area contributed by atoms with E-state index in [9.17, 15) is 18.0 Å². The third kappa shape index (κ3) is 5.35. The molecule has 33 heavy (non-hydrogen) atoms. The number of hydrogen-bond acceptors (Lipinski definition) is 6. The zero-order chi connectivity index (χ0) is 23.6. The first kappa shape index (κ1) is 23.2. The Labute approximate surface area is 193 Å². The number of carbonyl (C=O) groups is 1. The minimum Gasteiger partial charge on any atom is -0.384 e. The second kappa shape index (κ2) is 9.50. The lowest BCUT2D eigenvalue weighted by molar-refractivity contribution is -0.137. The molecule has 174 valence electrons. The molecule has 1 aliphatic rings. The molecular formula is C23H23F3N4O2S. The Bertz CT molecular complexity index is 1130. The Morgan fingerprint density at radius 1 is 1.24 bits per heavy atom. The van der Waals surface area contributed by atoms with Crippen LogP contribution in [-0.4, -0.2) is 37.2 Å². The van der Waals surface area contributed by atoms with Gasteiger partial charge in [-0.1, -0.05) is 29.5 Å². The molecule has 0 saturated heterocycles. The van der Waals surface area contributed by atoms with Gasteiger partial charge in [0.25, 0.3) is 0 Å². The van der Waals surface area contributed by atoms with Gasteiger partial charge in [0.2, 0.25) is 5.91 Å². The van der Waals surface area contributed by atoms with E-state index >= 15 is 0 Å². The molecule has 0 unspecified atom stereocenters. The van der Waals surface area contributed by atoms with Crippen LogP contribution in [0.3, 0.4) is 0 Å². The number of methoxy groups -OCH3 is 1. The van der Waals surface area contributed by atoms with Crippen LogP contribution in [0.1, 0.15) is 22.6 Å². The highest BCUT2D eigenvalue weighted by atomic mass is 32.1. The molecule has 0 bridgehead atoms. The number of amides is 1. The van der Waals surface area contributed by atoms with Gasteiger partial charge in [-0.2, -0.15) is 13.2 Å². The maximum atomic E-state index is 12.9. The molecule has 4 rings (SSSR count). The third-order valence-corrected chi connectivity index (χ3v) is 6.54. The van der Waals surface area contributed by atoms with Gasteiger partial charge in [0, 0.05) is 37.5 Å². The van der Waals surface area contributed by atoms with Crippen LogP contribution in [0, 0.1) is 0 Å². The van der Waals surface area contributed by atoms with Gasteiger partial charge >= 0.3 is 6.18 Å². The largest absolute Gasteiger partial charge is 0.416 e. The predicted molar refractivity (Wildman–Crippen MR) is 122 cm³/mol. The van der Waals surface area contributed by atoms with Gasteiger partial charge < -0.3 is 21.1 Å². The van der Waals surface area contributed by atoms with E-state index in [4.69, 9.17) is 10.5 Å². The summed E-state index contributed by atoms with van der Waals surface area (Å²) in [4.78, 5) is 16.9. The lowest BCUT2D eigenvalue weighted by atomic mass is 9.92. The normalized spacial score (nSPS) is 15.1. The summed E-state index contributed by atoms with van der Waals surface area (Å²) in [6.45, 7) is 0.643. The van der Waals surface area contributed by atoms with Gasteiger partial charge in [0.05, 0.1) is 23.5 Å². The Morgan fingerprint density at radius 2 is 2.00 bits per heavy atom. The van der Waals surface area contributed by atoms with Crippen molar-refractivity contribution in [2.75, 3.05) is 30.9 Å². The van der Waals surface area contributed by atoms with Gasteiger partial charge in [0.15, 0.2) is 5.13 Å². The fraction of sp³-hybridized carbons (Fsp3) is 0.304. The van der Waals surface area contributed by atoms with Crippen LogP contribution in [0.25, 0.3) is 10.4 Å². The average Bonchev–Trinajstić information content (AvgIpc) is 3.40. The van der Waals surface area contributed by atoms with Crippen molar-refractivity contribution in [3.05, 3.63) is 65.4 Å². The maximum absolute atomic E-state index is 12.9. The van der Waals surface area contributed by atoms with Crippen LogP contribution in [0.5, 0.6) is 0 Å². The third-order valence-electron chi connectivity index (χ3n) is 5.54. The monoisotopic (exact) mass is 476 g/mol. The Balaban J connectivity index is 1.41. The summed E-state index contributed by atoms with van der Waals surface area (Å²) in [5.74, 6) is -0.299. The Morgan fingerprint density at radius 3 is 2.70 bits per heavy atom. The summed E-state index contributed by atoms with van der Waals surface area (Å²) in [5.41, 5.74) is 9.13. The molecule has 0 fully saturated rings. The number of nitrogens with zero attached hydrogens (tertiary/aromatic N) is 1. The number of alkyl halides is 3. The summed E-state index contributed by atoms with van der Waals surface area (Å²) < 4.78 is 43.8. The molecule has 2 atom stereocenters. The van der Waals surface area contributed by atoms with Gasteiger partial charge in [-0.05, 0) is 41.0 Å². The quantitative estimate of drug-likeness (QED) is 0.446. The minimum atomic E-state index is -4.38. The summed E-state index contributed by atoms with van der Waals surface area (Å²) in [6, 6.07) is 10.4. The number of fused-ring (bicyclic) bond motifs is 1. The molecule has 1 aliphatic heterocycles. The molecule has 0 aliphatic carbocycles. The molecule has 0 radical (unpaired) electrons. The van der Waals surface area contributed by atoms with Crippen LogP contribution in [-0.2, 0) is 22.1 Å². The van der Waals surface area contributed by atoms with E-state index in [1.165, 1.54) is 30.6 Å². The van der Waals surface area contributed by atoms with E-state index in [-0.39, 0.29) is 18.4 Å². The number of carbonyl (C=O) groups excluding carboxylic acids is 1. The van der Waals surface area contributed by atoms with Crippen LogP contribution in [0.2, 0.25) is 0 Å². The molecule has 1 amide bonds. The Kier molecular flexibility index (Phi) is 6.68. The number of nitrogens with two attached hydrogens (primary N) is 1. The van der Waals surface area contributed by atoms with E-state index in [0.29, 0.717) is 23.7 Å². The molecule has 4 N–H and O–H groups in total.